The third kappa shape index (κ3) is 3.57. The Morgan fingerprint density at radius 2 is 1.14 bits per heavy atom. The zero-order valence-corrected chi connectivity index (χ0v) is 30.7. The highest BCUT2D eigenvalue weighted by atomic mass is 16.3. The van der Waals surface area contributed by atoms with Gasteiger partial charge in [-0.2, -0.15) is 5.26 Å². The van der Waals surface area contributed by atoms with Gasteiger partial charge in [0.25, 0.3) is 6.71 Å². The molecule has 0 fully saturated rings. The molecule has 0 amide bonds. The van der Waals surface area contributed by atoms with Crippen LogP contribution in [0.4, 0.5) is 5.69 Å². The van der Waals surface area contributed by atoms with Crippen molar-refractivity contribution in [3.05, 3.63) is 169 Å². The third-order valence-corrected chi connectivity index (χ3v) is 13.0. The van der Waals surface area contributed by atoms with Crippen LogP contribution in [0.25, 0.3) is 114 Å². The van der Waals surface area contributed by atoms with Crippen LogP contribution in [0.3, 0.4) is 0 Å². The SMILES string of the molecule is [C-]#[N+]c1ccc2c(c1)c1c3ccccc3cc3c1n2-c1cc(-c2ccc4oc5ccccc5c4c2)cc2c1B3c1cc3ccccc3c3c4cc(C#N)ccc4n-2c13. The highest BCUT2D eigenvalue weighted by molar-refractivity contribution is 7.00. The molecule has 6 heteroatoms. The van der Waals surface area contributed by atoms with E-state index in [-0.39, 0.29) is 6.71 Å². The zero-order valence-electron chi connectivity index (χ0n) is 30.7. The number of rotatable bonds is 1. The smallest absolute Gasteiger partial charge is 0.252 e. The summed E-state index contributed by atoms with van der Waals surface area (Å²) in [7, 11) is 0. The predicted molar refractivity (Wildman–Crippen MR) is 238 cm³/mol. The summed E-state index contributed by atoms with van der Waals surface area (Å²) >= 11 is 0. The second-order valence-electron chi connectivity index (χ2n) is 15.8. The quantitative estimate of drug-likeness (QED) is 0.125. The number of nitrogens with zero attached hydrogens (tertiary/aromatic N) is 4. The second-order valence-corrected chi connectivity index (χ2v) is 15.8. The highest BCUT2D eigenvalue weighted by Crippen LogP contribution is 2.45. The van der Waals surface area contributed by atoms with Crippen LogP contribution in [-0.2, 0) is 0 Å². The lowest BCUT2D eigenvalue weighted by molar-refractivity contribution is 0.669. The first kappa shape index (κ1) is 30.2. The molecule has 2 aliphatic rings. The first-order valence-corrected chi connectivity index (χ1v) is 19.5. The Morgan fingerprint density at radius 3 is 1.81 bits per heavy atom. The molecule has 12 aromatic rings. The topological polar surface area (TPSA) is 51.1 Å². The largest absolute Gasteiger partial charge is 0.456 e. The van der Waals surface area contributed by atoms with E-state index < -0.39 is 0 Å². The predicted octanol–water partition coefficient (Wildman–Crippen LogP) is 11.3. The first-order valence-electron chi connectivity index (χ1n) is 19.5. The molecule has 0 aliphatic carbocycles. The lowest BCUT2D eigenvalue weighted by atomic mass is 9.34. The van der Waals surface area contributed by atoms with E-state index in [2.05, 4.69) is 147 Å². The molecule has 0 spiro atoms. The number of furan rings is 1. The fraction of sp³-hybridized carbons (Fsp3) is 0. The number of para-hydroxylation sites is 1. The molecule has 0 N–H and O–H groups in total. The minimum absolute atomic E-state index is 0.0806. The summed E-state index contributed by atoms with van der Waals surface area (Å²) in [6, 6.07) is 56.5. The van der Waals surface area contributed by atoms with Gasteiger partial charge in [-0.3, -0.25) is 0 Å². The van der Waals surface area contributed by atoms with Crippen molar-refractivity contribution in [2.45, 2.75) is 0 Å². The van der Waals surface area contributed by atoms with E-state index in [0.717, 1.165) is 66.2 Å². The van der Waals surface area contributed by atoms with Crippen LogP contribution >= 0.6 is 0 Å². The molecule has 3 aromatic heterocycles. The molecule has 9 aromatic carbocycles. The van der Waals surface area contributed by atoms with Crippen molar-refractivity contribution in [3.8, 4) is 28.6 Å². The molecule has 0 radical (unpaired) electrons. The molecular formula is C52H25BN4O. The number of aromatic nitrogens is 2. The molecule has 262 valence electrons. The summed E-state index contributed by atoms with van der Waals surface area (Å²) in [5, 5.41) is 21.6. The van der Waals surface area contributed by atoms with Crippen LogP contribution in [0, 0.1) is 17.9 Å². The average molecular weight is 733 g/mol. The van der Waals surface area contributed by atoms with E-state index in [1.165, 1.54) is 59.7 Å². The van der Waals surface area contributed by atoms with Crippen molar-refractivity contribution in [3.63, 3.8) is 0 Å². The van der Waals surface area contributed by atoms with Crippen molar-refractivity contribution in [2.75, 3.05) is 0 Å². The fourth-order valence-corrected chi connectivity index (χ4v) is 10.8. The maximum absolute atomic E-state index is 10.2. The molecule has 0 atom stereocenters. The summed E-state index contributed by atoms with van der Waals surface area (Å²) in [6.45, 7) is 7.92. The molecule has 58 heavy (non-hydrogen) atoms. The van der Waals surface area contributed by atoms with Gasteiger partial charge >= 0.3 is 0 Å². The van der Waals surface area contributed by atoms with Crippen molar-refractivity contribution >= 4 is 116 Å². The van der Waals surface area contributed by atoms with E-state index in [4.69, 9.17) is 11.0 Å². The first-order chi connectivity index (χ1) is 28.7. The average Bonchev–Trinajstić information content (AvgIpc) is 3.94. The van der Waals surface area contributed by atoms with Gasteiger partial charge in [0.1, 0.15) is 11.2 Å². The number of nitriles is 1. The van der Waals surface area contributed by atoms with Crippen molar-refractivity contribution < 1.29 is 4.42 Å². The van der Waals surface area contributed by atoms with E-state index in [1.807, 2.05) is 24.3 Å². The van der Waals surface area contributed by atoms with Crippen LogP contribution in [-0.4, -0.2) is 15.8 Å². The minimum atomic E-state index is -0.0806. The van der Waals surface area contributed by atoms with Gasteiger partial charge in [-0.1, -0.05) is 91.0 Å². The molecular weight excluding hydrogens is 707 g/mol. The van der Waals surface area contributed by atoms with E-state index in [0.29, 0.717) is 11.3 Å². The minimum Gasteiger partial charge on any atom is -0.456 e. The van der Waals surface area contributed by atoms with Gasteiger partial charge in [0.15, 0.2) is 5.69 Å². The zero-order chi connectivity index (χ0) is 38.0. The Morgan fingerprint density at radius 1 is 0.534 bits per heavy atom. The van der Waals surface area contributed by atoms with Crippen LogP contribution < -0.4 is 16.4 Å². The van der Waals surface area contributed by atoms with Gasteiger partial charge in [0, 0.05) is 43.8 Å². The lowest BCUT2D eigenvalue weighted by Gasteiger charge is -2.34. The third-order valence-electron chi connectivity index (χ3n) is 13.0. The molecule has 0 unspecified atom stereocenters. The van der Waals surface area contributed by atoms with Crippen LogP contribution in [0.5, 0.6) is 0 Å². The number of hydrogen-bond acceptors (Lipinski definition) is 2. The van der Waals surface area contributed by atoms with Crippen LogP contribution in [0.1, 0.15) is 5.56 Å². The van der Waals surface area contributed by atoms with Crippen molar-refractivity contribution in [1.82, 2.24) is 9.13 Å². The van der Waals surface area contributed by atoms with Crippen molar-refractivity contribution in [1.29, 1.82) is 5.26 Å². The summed E-state index contributed by atoms with van der Waals surface area (Å²) in [5.74, 6) is 0. The maximum Gasteiger partial charge on any atom is 0.252 e. The van der Waals surface area contributed by atoms with Gasteiger partial charge < -0.3 is 13.6 Å². The second kappa shape index (κ2) is 10.4. The van der Waals surface area contributed by atoms with Crippen LogP contribution in [0.15, 0.2) is 156 Å². The molecule has 0 bridgehead atoms. The van der Waals surface area contributed by atoms with Gasteiger partial charge in [-0.25, -0.2) is 4.85 Å². The lowest BCUT2D eigenvalue weighted by Crippen LogP contribution is -2.59. The van der Waals surface area contributed by atoms with E-state index in [1.54, 1.807) is 0 Å². The Labute approximate surface area is 330 Å². The summed E-state index contributed by atoms with van der Waals surface area (Å²) < 4.78 is 11.2. The van der Waals surface area contributed by atoms with E-state index in [9.17, 15) is 5.26 Å². The molecule has 2 aliphatic heterocycles. The highest BCUT2D eigenvalue weighted by Gasteiger charge is 2.42. The Balaban J connectivity index is 1.22. The Kier molecular flexibility index (Phi) is 5.42. The number of benzene rings is 9. The Bertz CT molecular complexity index is 3820. The van der Waals surface area contributed by atoms with Gasteiger partial charge in [0.05, 0.1) is 34.8 Å². The molecule has 5 nitrogen and oxygen atoms in total. The number of fused-ring (bicyclic) bond motifs is 17. The van der Waals surface area contributed by atoms with Gasteiger partial charge in [-0.05, 0) is 115 Å². The normalized spacial score (nSPS) is 12.8. The molecule has 5 heterocycles. The van der Waals surface area contributed by atoms with Gasteiger partial charge in [-0.15, -0.1) is 0 Å². The standard InChI is InChI=1S/C52H25BN4O/c1-55-33-16-18-43-39(26-33)49-35-11-5-3-9-31(35)23-41-52(49)57(43)45-25-32(29-15-19-47-37(21-29)36-12-6-7-13-46(36)58-47)24-44-50(45)53(41)40-22-30-8-2-4-10-34(30)48-38-20-28(27-54)14-17-42(38)56(44)51(40)48/h2-26H. The fourth-order valence-electron chi connectivity index (χ4n) is 10.8. The monoisotopic (exact) mass is 732 g/mol. The van der Waals surface area contributed by atoms with E-state index >= 15 is 0 Å². The Hall–Kier alpha value is -8.06. The summed E-state index contributed by atoms with van der Waals surface area (Å²) in [6.07, 6.45) is 0. The maximum atomic E-state index is 10.2. The summed E-state index contributed by atoms with van der Waals surface area (Å²) in [4.78, 5) is 3.90. The van der Waals surface area contributed by atoms with Crippen molar-refractivity contribution in [2.24, 2.45) is 0 Å². The summed E-state index contributed by atoms with van der Waals surface area (Å²) in [5.41, 5.74) is 15.8. The van der Waals surface area contributed by atoms with Gasteiger partial charge in [0.2, 0.25) is 0 Å². The molecule has 0 saturated carbocycles. The molecule has 0 saturated heterocycles. The molecule has 14 rings (SSSR count). The number of hydrogen-bond donors (Lipinski definition) is 0. The van der Waals surface area contributed by atoms with Crippen LogP contribution in [0.2, 0.25) is 0 Å².